The lowest BCUT2D eigenvalue weighted by molar-refractivity contribution is -0.142. The van der Waals surface area contributed by atoms with Crippen molar-refractivity contribution in [3.8, 4) is 16.9 Å². The van der Waals surface area contributed by atoms with Crippen LogP contribution in [0.1, 0.15) is 29.4 Å². The fourth-order valence-corrected chi connectivity index (χ4v) is 4.58. The summed E-state index contributed by atoms with van der Waals surface area (Å²) in [5.74, 6) is 1.08. The average Bonchev–Trinajstić information content (AvgIpc) is 3.44. The molecule has 0 aliphatic heterocycles. The standard InChI is InChI=1S/C34H41NO8/c1-3-41-33(36)21-28-8-4-5-10-32(28)42-23-26-18-29-20-30(24-40-16-15-39-14-13-38-12-11-37-2)43-34(29)31(19-26)27-9-6-7-25(17-27)22-35/h4-10,17-20H,3,11-16,21-24,35H2,1-2H3. The topological polar surface area (TPSA) is 112 Å². The smallest absolute Gasteiger partial charge is 0.310 e. The quantitative estimate of drug-likeness (QED) is 0.113. The van der Waals surface area contributed by atoms with E-state index in [-0.39, 0.29) is 12.4 Å². The summed E-state index contributed by atoms with van der Waals surface area (Å²) in [6.45, 7) is 6.24. The Kier molecular flexibility index (Phi) is 13.0. The number of carbonyl (C=O) groups is 1. The molecule has 0 aliphatic carbocycles. The molecule has 43 heavy (non-hydrogen) atoms. The molecule has 0 radical (unpaired) electrons. The first-order chi connectivity index (χ1) is 21.1. The van der Waals surface area contributed by atoms with Crippen molar-refractivity contribution in [1.82, 2.24) is 0 Å². The molecule has 4 rings (SSSR count). The Morgan fingerprint density at radius 3 is 2.35 bits per heavy atom. The molecule has 1 aromatic heterocycles. The maximum Gasteiger partial charge on any atom is 0.310 e. The number of nitrogens with two attached hydrogens (primary N) is 1. The van der Waals surface area contributed by atoms with Crippen LogP contribution in [0.2, 0.25) is 0 Å². The molecule has 0 spiro atoms. The van der Waals surface area contributed by atoms with Gasteiger partial charge in [-0.05, 0) is 53.9 Å². The number of benzene rings is 3. The lowest BCUT2D eigenvalue weighted by atomic mass is 9.99. The molecule has 0 amide bonds. The van der Waals surface area contributed by atoms with Gasteiger partial charge in [0.1, 0.15) is 30.3 Å². The first kappa shape index (κ1) is 32.2. The summed E-state index contributed by atoms with van der Waals surface area (Å²) in [6.07, 6.45) is 0.151. The number of fused-ring (bicyclic) bond motifs is 1. The van der Waals surface area contributed by atoms with E-state index < -0.39 is 0 Å². The second-order valence-corrected chi connectivity index (χ2v) is 9.83. The van der Waals surface area contributed by atoms with Crippen LogP contribution in [0.25, 0.3) is 22.1 Å². The number of hydrogen-bond donors (Lipinski definition) is 1. The van der Waals surface area contributed by atoms with Gasteiger partial charge in [-0.1, -0.05) is 36.4 Å². The van der Waals surface area contributed by atoms with E-state index in [0.29, 0.717) is 77.5 Å². The second-order valence-electron chi connectivity index (χ2n) is 9.83. The number of carbonyl (C=O) groups excluding carboxylic acids is 1. The van der Waals surface area contributed by atoms with E-state index in [1.165, 1.54) is 0 Å². The zero-order valence-electron chi connectivity index (χ0n) is 25.0. The van der Waals surface area contributed by atoms with Crippen molar-refractivity contribution in [1.29, 1.82) is 0 Å². The van der Waals surface area contributed by atoms with Crippen molar-refractivity contribution in [3.05, 3.63) is 89.2 Å². The number of esters is 1. The van der Waals surface area contributed by atoms with Gasteiger partial charge in [-0.2, -0.15) is 0 Å². The Labute approximate surface area is 252 Å². The largest absolute Gasteiger partial charge is 0.489 e. The van der Waals surface area contributed by atoms with E-state index in [9.17, 15) is 4.79 Å². The van der Waals surface area contributed by atoms with Gasteiger partial charge in [-0.25, -0.2) is 0 Å². The van der Waals surface area contributed by atoms with Crippen LogP contribution >= 0.6 is 0 Å². The number of para-hydroxylation sites is 1. The molecule has 0 atom stereocenters. The fraction of sp³-hybridized carbons (Fsp3) is 0.382. The molecule has 2 N–H and O–H groups in total. The third-order valence-electron chi connectivity index (χ3n) is 6.63. The molecular formula is C34H41NO8. The highest BCUT2D eigenvalue weighted by atomic mass is 16.6. The molecule has 9 nitrogen and oxygen atoms in total. The van der Waals surface area contributed by atoms with Gasteiger partial charge in [-0.3, -0.25) is 4.79 Å². The molecule has 0 unspecified atom stereocenters. The predicted octanol–water partition coefficient (Wildman–Crippen LogP) is 5.44. The number of methoxy groups -OCH3 is 1. The third-order valence-corrected chi connectivity index (χ3v) is 6.63. The molecule has 0 aliphatic rings. The van der Waals surface area contributed by atoms with Crippen LogP contribution < -0.4 is 10.5 Å². The Bertz CT molecular complexity index is 1430. The molecular weight excluding hydrogens is 550 g/mol. The molecule has 1 heterocycles. The molecule has 0 fully saturated rings. The first-order valence-corrected chi connectivity index (χ1v) is 14.5. The zero-order chi connectivity index (χ0) is 30.3. The predicted molar refractivity (Wildman–Crippen MR) is 164 cm³/mol. The molecule has 0 bridgehead atoms. The van der Waals surface area contributed by atoms with Gasteiger partial charge in [-0.15, -0.1) is 0 Å². The third kappa shape index (κ3) is 9.91. The maximum atomic E-state index is 12.1. The molecule has 3 aromatic carbocycles. The van der Waals surface area contributed by atoms with Crippen molar-refractivity contribution >= 4 is 16.9 Å². The van der Waals surface area contributed by atoms with Crippen molar-refractivity contribution in [3.63, 3.8) is 0 Å². The van der Waals surface area contributed by atoms with Gasteiger partial charge < -0.3 is 38.6 Å². The molecule has 0 saturated carbocycles. The van der Waals surface area contributed by atoms with Gasteiger partial charge >= 0.3 is 5.97 Å². The van der Waals surface area contributed by atoms with Crippen LogP contribution in [0.3, 0.4) is 0 Å². The number of furan rings is 1. The van der Waals surface area contributed by atoms with Crippen LogP contribution in [-0.4, -0.2) is 59.3 Å². The molecule has 230 valence electrons. The Hall–Kier alpha value is -3.73. The minimum atomic E-state index is -0.284. The summed E-state index contributed by atoms with van der Waals surface area (Å²) in [7, 11) is 1.64. The number of ether oxygens (including phenoxy) is 6. The van der Waals surface area contributed by atoms with Crippen LogP contribution in [0.15, 0.2) is 71.1 Å². The summed E-state index contributed by atoms with van der Waals surface area (Å²) in [5.41, 5.74) is 11.4. The Balaban J connectivity index is 1.46. The van der Waals surface area contributed by atoms with Gasteiger partial charge in [0.15, 0.2) is 0 Å². The number of hydrogen-bond acceptors (Lipinski definition) is 9. The van der Waals surface area contributed by atoms with Crippen LogP contribution in [0.4, 0.5) is 0 Å². The maximum absolute atomic E-state index is 12.1. The Morgan fingerprint density at radius 1 is 0.814 bits per heavy atom. The van der Waals surface area contributed by atoms with Crippen molar-refractivity contribution in [2.24, 2.45) is 5.73 Å². The zero-order valence-corrected chi connectivity index (χ0v) is 25.0. The van der Waals surface area contributed by atoms with Crippen molar-refractivity contribution in [2.45, 2.75) is 33.1 Å². The summed E-state index contributed by atoms with van der Waals surface area (Å²) in [5, 5.41) is 0.942. The SMILES string of the molecule is CCOC(=O)Cc1ccccc1OCc1cc(-c2cccc(CN)c2)c2oc(COCCOCCOCCOC)cc2c1. The number of rotatable bonds is 19. The van der Waals surface area contributed by atoms with E-state index in [1.54, 1.807) is 14.0 Å². The Morgan fingerprint density at radius 2 is 1.58 bits per heavy atom. The van der Waals surface area contributed by atoms with Crippen molar-refractivity contribution in [2.75, 3.05) is 53.4 Å². The highest BCUT2D eigenvalue weighted by Gasteiger charge is 2.15. The van der Waals surface area contributed by atoms with E-state index in [4.69, 9.17) is 38.6 Å². The van der Waals surface area contributed by atoms with Gasteiger partial charge in [0, 0.05) is 30.2 Å². The van der Waals surface area contributed by atoms with E-state index >= 15 is 0 Å². The molecule has 0 saturated heterocycles. The van der Waals surface area contributed by atoms with E-state index in [2.05, 4.69) is 18.2 Å². The monoisotopic (exact) mass is 591 g/mol. The van der Waals surface area contributed by atoms with E-state index in [0.717, 1.165) is 38.8 Å². The summed E-state index contributed by atoms with van der Waals surface area (Å²) in [4.78, 5) is 12.1. The minimum absolute atomic E-state index is 0.151. The summed E-state index contributed by atoms with van der Waals surface area (Å²) < 4.78 is 39.3. The lowest BCUT2D eigenvalue weighted by Crippen LogP contribution is -2.11. The second kappa shape index (κ2) is 17.4. The molecule has 9 heteroatoms. The lowest BCUT2D eigenvalue weighted by Gasteiger charge is -2.13. The summed E-state index contributed by atoms with van der Waals surface area (Å²) >= 11 is 0. The van der Waals surface area contributed by atoms with Gasteiger partial charge in [0.25, 0.3) is 0 Å². The summed E-state index contributed by atoms with van der Waals surface area (Å²) in [6, 6.07) is 21.8. The van der Waals surface area contributed by atoms with Crippen LogP contribution in [0.5, 0.6) is 5.75 Å². The van der Waals surface area contributed by atoms with Crippen LogP contribution in [-0.2, 0) is 54.7 Å². The van der Waals surface area contributed by atoms with Gasteiger partial charge in [0.2, 0.25) is 0 Å². The minimum Gasteiger partial charge on any atom is -0.489 e. The average molecular weight is 592 g/mol. The highest BCUT2D eigenvalue weighted by Crippen LogP contribution is 2.34. The van der Waals surface area contributed by atoms with Crippen molar-refractivity contribution < 1.29 is 37.6 Å². The van der Waals surface area contributed by atoms with E-state index in [1.807, 2.05) is 48.5 Å². The highest BCUT2D eigenvalue weighted by molar-refractivity contribution is 5.93. The van der Waals surface area contributed by atoms with Gasteiger partial charge in [0.05, 0.1) is 52.7 Å². The first-order valence-electron chi connectivity index (χ1n) is 14.5. The normalized spacial score (nSPS) is 11.2. The molecule has 4 aromatic rings. The fourth-order valence-electron chi connectivity index (χ4n) is 4.58. The van der Waals surface area contributed by atoms with Crippen LogP contribution in [0, 0.1) is 0 Å².